The first-order chi connectivity index (χ1) is 18.0. The van der Waals surface area contributed by atoms with Crippen molar-refractivity contribution >= 4 is 79.6 Å². The average molecular weight is 641 g/mol. The van der Waals surface area contributed by atoms with Crippen LogP contribution in [0.3, 0.4) is 0 Å². The molecule has 1 aliphatic rings. The third-order valence-electron chi connectivity index (χ3n) is 5.59. The third-order valence-corrected chi connectivity index (χ3v) is 7.55. The smallest absolute Gasteiger partial charge is 0.264 e. The molecule has 1 fully saturated rings. The number of amides is 1. The summed E-state index contributed by atoms with van der Waals surface area (Å²) in [5, 5.41) is 6.32. The highest BCUT2D eigenvalue weighted by molar-refractivity contribution is 14.1. The number of carbonyl (C=O) groups excluding carboxylic acids is 1. The lowest BCUT2D eigenvalue weighted by Gasteiger charge is -2.16. The number of nitrogens with zero attached hydrogens (tertiary/aromatic N) is 1. The Hall–Kier alpha value is -3.01. The summed E-state index contributed by atoms with van der Waals surface area (Å²) in [5.41, 5.74) is 2.67. The zero-order valence-electron chi connectivity index (χ0n) is 19.8. The van der Waals surface area contributed by atoms with Crippen LogP contribution < -0.4 is 14.8 Å². The second kappa shape index (κ2) is 11.6. The molecular weight excluding hydrogens is 619 g/mol. The van der Waals surface area contributed by atoms with Crippen molar-refractivity contribution in [1.29, 1.82) is 0 Å². The van der Waals surface area contributed by atoms with Crippen molar-refractivity contribution in [1.82, 2.24) is 5.32 Å². The molecule has 1 saturated heterocycles. The molecule has 0 saturated carbocycles. The number of carbonyl (C=O) groups is 1. The summed E-state index contributed by atoms with van der Waals surface area (Å²) in [4.78, 5) is 17.7. The normalized spacial score (nSPS) is 15.4. The minimum absolute atomic E-state index is 0.193. The van der Waals surface area contributed by atoms with Crippen LogP contribution in [-0.4, -0.2) is 17.7 Å². The molecule has 0 aromatic heterocycles. The maximum absolute atomic E-state index is 12.6. The SMILES string of the molecule is CCOc1cc(/C=C2/SC(=Nc3ccc(Cl)cc3)NC2=O)cc(I)c1OCc1cccc2ccccc12. The highest BCUT2D eigenvalue weighted by atomic mass is 127. The van der Waals surface area contributed by atoms with Crippen LogP contribution in [0.5, 0.6) is 11.5 Å². The van der Waals surface area contributed by atoms with Gasteiger partial charge in [-0.05, 0) is 106 Å². The average Bonchev–Trinajstić information content (AvgIpc) is 3.23. The van der Waals surface area contributed by atoms with Gasteiger partial charge < -0.3 is 14.8 Å². The van der Waals surface area contributed by atoms with Crippen molar-refractivity contribution in [2.45, 2.75) is 13.5 Å². The van der Waals surface area contributed by atoms with Crippen molar-refractivity contribution in [3.05, 3.63) is 103 Å². The molecular formula is C29H22ClIN2O3S. The molecule has 8 heteroatoms. The largest absolute Gasteiger partial charge is 0.490 e. The number of aliphatic imine (C=N–C) groups is 1. The predicted octanol–water partition coefficient (Wildman–Crippen LogP) is 7.97. The Morgan fingerprint density at radius 1 is 1.03 bits per heavy atom. The van der Waals surface area contributed by atoms with E-state index in [4.69, 9.17) is 21.1 Å². The number of hydrogen-bond donors (Lipinski definition) is 1. The number of ether oxygens (including phenoxy) is 2. The molecule has 1 aliphatic heterocycles. The molecule has 0 radical (unpaired) electrons. The number of halogens is 2. The quantitative estimate of drug-likeness (QED) is 0.164. The fraction of sp³-hybridized carbons (Fsp3) is 0.103. The van der Waals surface area contributed by atoms with Gasteiger partial charge in [0.1, 0.15) is 6.61 Å². The summed E-state index contributed by atoms with van der Waals surface area (Å²) in [6.07, 6.45) is 1.84. The van der Waals surface area contributed by atoms with Crippen molar-refractivity contribution in [2.75, 3.05) is 6.61 Å². The summed E-state index contributed by atoms with van der Waals surface area (Å²) in [7, 11) is 0. The highest BCUT2D eigenvalue weighted by Crippen LogP contribution is 2.37. The predicted molar refractivity (Wildman–Crippen MR) is 161 cm³/mol. The maximum Gasteiger partial charge on any atom is 0.264 e. The Kier molecular flexibility index (Phi) is 8.02. The zero-order valence-corrected chi connectivity index (χ0v) is 23.6. The molecule has 5 nitrogen and oxygen atoms in total. The van der Waals surface area contributed by atoms with Crippen LogP contribution in [0, 0.1) is 3.57 Å². The van der Waals surface area contributed by atoms with Crippen LogP contribution in [0.15, 0.2) is 88.8 Å². The van der Waals surface area contributed by atoms with Gasteiger partial charge >= 0.3 is 0 Å². The van der Waals surface area contributed by atoms with Gasteiger partial charge in [0.25, 0.3) is 5.91 Å². The Labute approximate surface area is 238 Å². The van der Waals surface area contributed by atoms with E-state index >= 15 is 0 Å². The molecule has 0 unspecified atom stereocenters. The van der Waals surface area contributed by atoms with Gasteiger partial charge in [-0.3, -0.25) is 4.79 Å². The van der Waals surface area contributed by atoms with E-state index in [1.54, 1.807) is 24.3 Å². The summed E-state index contributed by atoms with van der Waals surface area (Å²) < 4.78 is 13.1. The molecule has 0 bridgehead atoms. The number of fused-ring (bicyclic) bond motifs is 1. The molecule has 0 spiro atoms. The first-order valence-electron chi connectivity index (χ1n) is 11.6. The highest BCUT2D eigenvalue weighted by Gasteiger charge is 2.24. The van der Waals surface area contributed by atoms with E-state index in [1.807, 2.05) is 43.3 Å². The van der Waals surface area contributed by atoms with Gasteiger partial charge in [-0.1, -0.05) is 54.1 Å². The Morgan fingerprint density at radius 3 is 2.62 bits per heavy atom. The Balaban J connectivity index is 1.38. The van der Waals surface area contributed by atoms with E-state index in [-0.39, 0.29) is 5.91 Å². The summed E-state index contributed by atoms with van der Waals surface area (Å²) in [5.74, 6) is 1.13. The standard InChI is InChI=1S/C29H22ClIN2O3S/c1-2-35-25-15-18(16-26-28(34)33-29(37-26)32-22-12-10-21(30)11-13-22)14-24(31)27(25)36-17-20-8-5-7-19-6-3-4-9-23(19)20/h3-16H,2,17H2,1H3,(H,32,33,34)/b26-16+. The monoisotopic (exact) mass is 640 g/mol. The molecule has 5 rings (SSSR count). The van der Waals surface area contributed by atoms with Crippen molar-refractivity contribution < 1.29 is 14.3 Å². The molecule has 0 atom stereocenters. The molecule has 1 amide bonds. The summed E-state index contributed by atoms with van der Waals surface area (Å²) in [6.45, 7) is 2.85. The second-order valence-electron chi connectivity index (χ2n) is 8.15. The molecule has 4 aromatic rings. The fourth-order valence-electron chi connectivity index (χ4n) is 3.91. The van der Waals surface area contributed by atoms with Gasteiger partial charge in [-0.2, -0.15) is 0 Å². The first-order valence-corrected chi connectivity index (χ1v) is 13.9. The van der Waals surface area contributed by atoms with E-state index in [9.17, 15) is 4.79 Å². The molecule has 37 heavy (non-hydrogen) atoms. The van der Waals surface area contributed by atoms with Crippen LogP contribution in [0.4, 0.5) is 5.69 Å². The van der Waals surface area contributed by atoms with Crippen molar-refractivity contribution in [2.24, 2.45) is 4.99 Å². The number of hydrogen-bond acceptors (Lipinski definition) is 5. The van der Waals surface area contributed by atoms with E-state index in [1.165, 1.54) is 22.5 Å². The number of thioether (sulfide) groups is 1. The topological polar surface area (TPSA) is 59.9 Å². The number of rotatable bonds is 7. The van der Waals surface area contributed by atoms with Crippen LogP contribution in [0.1, 0.15) is 18.1 Å². The molecule has 186 valence electrons. The van der Waals surface area contributed by atoms with Crippen molar-refractivity contribution in [3.8, 4) is 11.5 Å². The van der Waals surface area contributed by atoms with E-state index in [2.05, 4.69) is 57.2 Å². The molecule has 1 heterocycles. The summed E-state index contributed by atoms with van der Waals surface area (Å²) in [6, 6.07) is 25.5. The lowest BCUT2D eigenvalue weighted by molar-refractivity contribution is -0.115. The summed E-state index contributed by atoms with van der Waals surface area (Å²) >= 11 is 9.49. The number of benzene rings is 4. The van der Waals surface area contributed by atoms with Crippen LogP contribution in [0.2, 0.25) is 5.02 Å². The fourth-order valence-corrected chi connectivity index (χ4v) is 5.66. The minimum atomic E-state index is -0.193. The van der Waals surface area contributed by atoms with Gasteiger partial charge in [-0.25, -0.2) is 4.99 Å². The Bertz CT molecular complexity index is 1530. The second-order valence-corrected chi connectivity index (χ2v) is 10.8. The lowest BCUT2D eigenvalue weighted by atomic mass is 10.1. The van der Waals surface area contributed by atoms with Gasteiger partial charge in [0.05, 0.1) is 20.8 Å². The third kappa shape index (κ3) is 6.11. The molecule has 0 aliphatic carbocycles. The first kappa shape index (κ1) is 25.6. The van der Waals surface area contributed by atoms with Crippen molar-refractivity contribution in [3.63, 3.8) is 0 Å². The van der Waals surface area contributed by atoms with Gasteiger partial charge in [0, 0.05) is 5.02 Å². The van der Waals surface area contributed by atoms with Crippen LogP contribution in [-0.2, 0) is 11.4 Å². The van der Waals surface area contributed by atoms with E-state index < -0.39 is 0 Å². The number of amidine groups is 1. The van der Waals surface area contributed by atoms with E-state index in [0.29, 0.717) is 45.5 Å². The van der Waals surface area contributed by atoms with Crippen LogP contribution >= 0.6 is 46.0 Å². The number of nitrogens with one attached hydrogen (secondary N) is 1. The Morgan fingerprint density at radius 2 is 1.81 bits per heavy atom. The van der Waals surface area contributed by atoms with Gasteiger partial charge in [0.2, 0.25) is 0 Å². The molecule has 1 N–H and O–H groups in total. The van der Waals surface area contributed by atoms with Gasteiger partial charge in [-0.15, -0.1) is 0 Å². The zero-order chi connectivity index (χ0) is 25.8. The van der Waals surface area contributed by atoms with Gasteiger partial charge in [0.15, 0.2) is 16.7 Å². The lowest BCUT2D eigenvalue weighted by Crippen LogP contribution is -2.19. The van der Waals surface area contributed by atoms with Crippen LogP contribution in [0.25, 0.3) is 16.8 Å². The maximum atomic E-state index is 12.6. The van der Waals surface area contributed by atoms with E-state index in [0.717, 1.165) is 14.7 Å². The molecule has 4 aromatic carbocycles. The minimum Gasteiger partial charge on any atom is -0.490 e.